The molecule has 1 heterocycles. The van der Waals surface area contributed by atoms with Gasteiger partial charge in [0.05, 0.1) is 10.6 Å². The molecule has 1 N–H and O–H groups in total. The summed E-state index contributed by atoms with van der Waals surface area (Å²) in [5.74, 6) is 0.0417. The first kappa shape index (κ1) is 26.4. The van der Waals surface area contributed by atoms with Gasteiger partial charge in [0.2, 0.25) is 10.0 Å². The summed E-state index contributed by atoms with van der Waals surface area (Å²) in [6.45, 7) is 6.50. The maximum absolute atomic E-state index is 12.9. The van der Waals surface area contributed by atoms with E-state index in [2.05, 4.69) is 5.32 Å². The highest BCUT2D eigenvalue weighted by Gasteiger charge is 2.31. The van der Waals surface area contributed by atoms with Gasteiger partial charge in [-0.15, -0.1) is 0 Å². The lowest BCUT2D eigenvalue weighted by atomic mass is 10.1. The first-order valence-electron chi connectivity index (χ1n) is 12.3. The molecular weight excluding hydrogens is 490 g/mol. The summed E-state index contributed by atoms with van der Waals surface area (Å²) in [6, 6.07) is 21.0. The molecule has 0 bridgehead atoms. The van der Waals surface area contributed by atoms with Crippen molar-refractivity contribution in [3.05, 3.63) is 83.9 Å². The van der Waals surface area contributed by atoms with Crippen molar-refractivity contribution >= 4 is 33.2 Å². The number of benzene rings is 3. The smallest absolute Gasteiger partial charge is 0.267 e. The van der Waals surface area contributed by atoms with Crippen LogP contribution in [0, 0.1) is 0 Å². The lowest BCUT2D eigenvalue weighted by Gasteiger charge is -2.33. The normalized spacial score (nSPS) is 15.3. The first-order chi connectivity index (χ1) is 17.7. The van der Waals surface area contributed by atoms with Gasteiger partial charge >= 0.3 is 0 Å². The van der Waals surface area contributed by atoms with E-state index in [0.29, 0.717) is 48.7 Å². The van der Waals surface area contributed by atoms with Gasteiger partial charge in [0.15, 0.2) is 6.10 Å². The average Bonchev–Trinajstić information content (AvgIpc) is 2.90. The highest BCUT2D eigenvalue weighted by molar-refractivity contribution is 7.89. The van der Waals surface area contributed by atoms with Crippen molar-refractivity contribution in [2.45, 2.75) is 38.2 Å². The number of sulfonamides is 1. The summed E-state index contributed by atoms with van der Waals surface area (Å²) in [5, 5.41) is 2.84. The van der Waals surface area contributed by atoms with Gasteiger partial charge in [0.1, 0.15) is 5.75 Å². The predicted molar refractivity (Wildman–Crippen MR) is 144 cm³/mol. The maximum Gasteiger partial charge on any atom is 0.267 e. The van der Waals surface area contributed by atoms with Crippen LogP contribution in [0.15, 0.2) is 77.7 Å². The van der Waals surface area contributed by atoms with Gasteiger partial charge in [0, 0.05) is 30.9 Å². The number of nitrogens with one attached hydrogen (secondary N) is 1. The first-order valence-corrected chi connectivity index (χ1v) is 13.8. The number of fused-ring (bicyclic) bond motifs is 1. The van der Waals surface area contributed by atoms with Crippen LogP contribution in [-0.4, -0.2) is 50.3 Å². The standard InChI is InChI=1S/C28H31N3O5S/c1-4-30(5-2)37(34,35)24-14-11-22(12-15-24)27(32)29-23-13-16-26-25(19-23)31(28(33)20(3)36-26)18-17-21-9-7-6-8-10-21/h6-16,19-20H,4-5,17-18H2,1-3H3,(H,29,32). The molecule has 0 spiro atoms. The van der Waals surface area contributed by atoms with E-state index in [1.807, 2.05) is 30.3 Å². The number of amides is 2. The van der Waals surface area contributed by atoms with Crippen molar-refractivity contribution in [2.24, 2.45) is 0 Å². The van der Waals surface area contributed by atoms with E-state index in [4.69, 9.17) is 4.74 Å². The Labute approximate surface area is 217 Å². The Hall–Kier alpha value is -3.69. The van der Waals surface area contributed by atoms with Crippen molar-refractivity contribution in [1.82, 2.24) is 4.31 Å². The van der Waals surface area contributed by atoms with E-state index in [-0.39, 0.29) is 16.7 Å². The van der Waals surface area contributed by atoms with Crippen LogP contribution in [0.3, 0.4) is 0 Å². The zero-order valence-corrected chi connectivity index (χ0v) is 22.0. The zero-order valence-electron chi connectivity index (χ0n) is 21.2. The van der Waals surface area contributed by atoms with Crippen molar-refractivity contribution in [3.8, 4) is 5.75 Å². The van der Waals surface area contributed by atoms with Gasteiger partial charge < -0.3 is 15.0 Å². The Bertz CT molecular complexity index is 1370. The van der Waals surface area contributed by atoms with E-state index >= 15 is 0 Å². The molecular formula is C28H31N3O5S. The van der Waals surface area contributed by atoms with Crippen LogP contribution in [0.1, 0.15) is 36.7 Å². The van der Waals surface area contributed by atoms with Crippen LogP contribution in [0.4, 0.5) is 11.4 Å². The minimum Gasteiger partial charge on any atom is -0.479 e. The number of rotatable bonds is 9. The van der Waals surface area contributed by atoms with E-state index < -0.39 is 16.1 Å². The fourth-order valence-electron chi connectivity index (χ4n) is 4.30. The summed E-state index contributed by atoms with van der Waals surface area (Å²) >= 11 is 0. The minimum absolute atomic E-state index is 0.139. The molecule has 0 aliphatic carbocycles. The van der Waals surface area contributed by atoms with Crippen LogP contribution >= 0.6 is 0 Å². The third-order valence-corrected chi connectivity index (χ3v) is 8.42. The molecule has 0 saturated carbocycles. The highest BCUT2D eigenvalue weighted by atomic mass is 32.2. The molecule has 0 aromatic heterocycles. The van der Waals surface area contributed by atoms with Crippen molar-refractivity contribution < 1.29 is 22.7 Å². The maximum atomic E-state index is 12.9. The van der Waals surface area contributed by atoms with Crippen LogP contribution in [0.25, 0.3) is 0 Å². The Morgan fingerprint density at radius 2 is 1.68 bits per heavy atom. The molecule has 9 heteroatoms. The van der Waals surface area contributed by atoms with Crippen molar-refractivity contribution in [2.75, 3.05) is 29.9 Å². The number of ether oxygens (including phenoxy) is 1. The molecule has 1 aliphatic heterocycles. The molecule has 37 heavy (non-hydrogen) atoms. The number of anilines is 2. The van der Waals surface area contributed by atoms with Gasteiger partial charge in [-0.3, -0.25) is 9.59 Å². The molecule has 0 fully saturated rings. The van der Waals surface area contributed by atoms with Crippen LogP contribution in [-0.2, 0) is 21.2 Å². The second kappa shape index (κ2) is 11.1. The Morgan fingerprint density at radius 3 is 2.32 bits per heavy atom. The third-order valence-electron chi connectivity index (χ3n) is 6.35. The molecule has 1 unspecified atom stereocenters. The van der Waals surface area contributed by atoms with Gasteiger partial charge in [0.25, 0.3) is 11.8 Å². The second-order valence-corrected chi connectivity index (χ2v) is 10.7. The Balaban J connectivity index is 1.52. The molecule has 4 rings (SSSR count). The van der Waals surface area contributed by atoms with Crippen LogP contribution in [0.5, 0.6) is 5.75 Å². The number of hydrogen-bond acceptors (Lipinski definition) is 5. The van der Waals surface area contributed by atoms with E-state index in [1.165, 1.54) is 28.6 Å². The zero-order chi connectivity index (χ0) is 26.6. The molecule has 0 saturated heterocycles. The van der Waals surface area contributed by atoms with E-state index in [0.717, 1.165) is 5.56 Å². The molecule has 194 valence electrons. The number of carbonyl (C=O) groups excluding carboxylic acids is 2. The third kappa shape index (κ3) is 5.68. The van der Waals surface area contributed by atoms with Crippen LogP contribution < -0.4 is 15.0 Å². The fourth-order valence-corrected chi connectivity index (χ4v) is 5.75. The second-order valence-electron chi connectivity index (χ2n) is 8.74. The summed E-state index contributed by atoms with van der Waals surface area (Å²) in [6.07, 6.45) is 0.0767. The van der Waals surface area contributed by atoms with Gasteiger partial charge in [-0.2, -0.15) is 4.31 Å². The molecule has 1 atom stereocenters. The minimum atomic E-state index is -3.60. The molecule has 1 aliphatic rings. The lowest BCUT2D eigenvalue weighted by Crippen LogP contribution is -2.45. The van der Waals surface area contributed by atoms with Gasteiger partial charge in [-0.05, 0) is 61.4 Å². The number of carbonyl (C=O) groups is 2. The molecule has 2 amide bonds. The van der Waals surface area contributed by atoms with Gasteiger partial charge in [-0.1, -0.05) is 44.2 Å². The van der Waals surface area contributed by atoms with E-state index in [1.54, 1.807) is 43.9 Å². The summed E-state index contributed by atoms with van der Waals surface area (Å²) in [7, 11) is -3.60. The number of nitrogens with zero attached hydrogens (tertiary/aromatic N) is 2. The topological polar surface area (TPSA) is 96.0 Å². The average molecular weight is 522 g/mol. The number of hydrogen-bond donors (Lipinski definition) is 1. The molecule has 3 aromatic carbocycles. The molecule has 3 aromatic rings. The SMILES string of the molecule is CCN(CC)S(=O)(=O)c1ccc(C(=O)Nc2ccc3c(c2)N(CCc2ccccc2)C(=O)C(C)O3)cc1. The summed E-state index contributed by atoms with van der Waals surface area (Å²) in [5.41, 5.74) is 2.53. The van der Waals surface area contributed by atoms with Crippen molar-refractivity contribution in [1.29, 1.82) is 0 Å². The van der Waals surface area contributed by atoms with Crippen LogP contribution in [0.2, 0.25) is 0 Å². The Morgan fingerprint density at radius 1 is 1.00 bits per heavy atom. The Kier molecular flexibility index (Phi) is 7.94. The van der Waals surface area contributed by atoms with E-state index in [9.17, 15) is 18.0 Å². The molecule has 8 nitrogen and oxygen atoms in total. The summed E-state index contributed by atoms with van der Waals surface area (Å²) < 4.78 is 32.6. The summed E-state index contributed by atoms with van der Waals surface area (Å²) in [4.78, 5) is 27.7. The largest absolute Gasteiger partial charge is 0.479 e. The molecule has 0 radical (unpaired) electrons. The fraction of sp³-hybridized carbons (Fsp3) is 0.286. The highest BCUT2D eigenvalue weighted by Crippen LogP contribution is 2.36. The predicted octanol–water partition coefficient (Wildman–Crippen LogP) is 4.33. The monoisotopic (exact) mass is 521 g/mol. The van der Waals surface area contributed by atoms with Gasteiger partial charge in [-0.25, -0.2) is 8.42 Å². The van der Waals surface area contributed by atoms with Crippen molar-refractivity contribution in [3.63, 3.8) is 0 Å². The quantitative estimate of drug-likeness (QED) is 0.452. The lowest BCUT2D eigenvalue weighted by molar-refractivity contribution is -0.125.